The molecule has 4 atom stereocenters. The van der Waals surface area contributed by atoms with Gasteiger partial charge in [0.25, 0.3) is 0 Å². The third-order valence-electron chi connectivity index (χ3n) is 6.52. The number of benzene rings is 2. The molecule has 4 unspecified atom stereocenters. The maximum atomic E-state index is 11.4. The number of nitro groups is 2. The molecule has 0 saturated heterocycles. The second-order valence-corrected chi connectivity index (χ2v) is 11.8. The summed E-state index contributed by atoms with van der Waals surface area (Å²) in [6.45, 7) is 0. The van der Waals surface area contributed by atoms with E-state index in [9.17, 15) is 20.2 Å². The number of allylic oxidation sites excluding steroid dienone is 2. The van der Waals surface area contributed by atoms with E-state index in [1.54, 1.807) is 23.9 Å². The van der Waals surface area contributed by atoms with Gasteiger partial charge in [0, 0.05) is 32.5 Å². The number of hydrogen-bond acceptors (Lipinski definition) is 5. The van der Waals surface area contributed by atoms with Gasteiger partial charge in [0.2, 0.25) is 0 Å². The Bertz CT molecular complexity index is 1170. The summed E-state index contributed by atoms with van der Waals surface area (Å²) >= 11 is 14.2. The summed E-state index contributed by atoms with van der Waals surface area (Å²) in [7, 11) is 0. The maximum absolute atomic E-state index is 11.4. The standard InChI is InChI=1S/C28H26Cl2N2O4S/c29-27(31(33)34)15-11-23(12-16-27)25(19-21-7-3-1-4-8-21)37-26(20-22-9-5-2-6-10-22)24-13-17-28(30,18-14-24)32(35)36/h1-15,17,25-26H,16,18-20H2. The topological polar surface area (TPSA) is 86.3 Å². The molecule has 0 N–H and O–H groups in total. The van der Waals surface area contributed by atoms with E-state index >= 15 is 0 Å². The summed E-state index contributed by atoms with van der Waals surface area (Å²) in [6.07, 6.45) is 11.8. The van der Waals surface area contributed by atoms with Gasteiger partial charge < -0.3 is 0 Å². The van der Waals surface area contributed by atoms with Gasteiger partial charge in [-0.1, -0.05) is 85.0 Å². The maximum Gasteiger partial charge on any atom is 0.317 e. The summed E-state index contributed by atoms with van der Waals surface area (Å²) in [6, 6.07) is 20.1. The molecule has 2 aromatic carbocycles. The average Bonchev–Trinajstić information content (AvgIpc) is 2.90. The van der Waals surface area contributed by atoms with Crippen LogP contribution in [0.25, 0.3) is 0 Å². The second-order valence-electron chi connectivity index (χ2n) is 9.13. The Hall–Kier alpha value is -2.87. The smallest absolute Gasteiger partial charge is 0.262 e. The van der Waals surface area contributed by atoms with Gasteiger partial charge in [0.15, 0.2) is 0 Å². The Morgan fingerprint density at radius 1 is 0.730 bits per heavy atom. The minimum absolute atomic E-state index is 0.0205. The molecule has 0 aromatic heterocycles. The highest BCUT2D eigenvalue weighted by atomic mass is 35.5. The number of alkyl halides is 2. The van der Waals surface area contributed by atoms with Crippen molar-refractivity contribution in [1.82, 2.24) is 0 Å². The van der Waals surface area contributed by atoms with Crippen molar-refractivity contribution in [2.45, 2.75) is 46.2 Å². The molecule has 0 bridgehead atoms. The minimum atomic E-state index is -1.63. The van der Waals surface area contributed by atoms with Gasteiger partial charge in [0.1, 0.15) is 0 Å². The zero-order chi connectivity index (χ0) is 26.5. The van der Waals surface area contributed by atoms with Gasteiger partial charge in [-0.15, -0.1) is 11.8 Å². The fourth-order valence-electron chi connectivity index (χ4n) is 4.33. The van der Waals surface area contributed by atoms with Crippen molar-refractivity contribution in [1.29, 1.82) is 0 Å². The van der Waals surface area contributed by atoms with Crippen molar-refractivity contribution in [2.75, 3.05) is 0 Å². The molecule has 0 heterocycles. The average molecular weight is 557 g/mol. The number of thioether (sulfide) groups is 1. The van der Waals surface area contributed by atoms with Crippen LogP contribution in [0.5, 0.6) is 0 Å². The largest absolute Gasteiger partial charge is 0.317 e. The van der Waals surface area contributed by atoms with Crippen molar-refractivity contribution in [3.63, 3.8) is 0 Å². The van der Waals surface area contributed by atoms with Gasteiger partial charge in [-0.25, -0.2) is 0 Å². The lowest BCUT2D eigenvalue weighted by Gasteiger charge is -2.29. The molecule has 0 aliphatic heterocycles. The van der Waals surface area contributed by atoms with E-state index < -0.39 is 19.8 Å². The van der Waals surface area contributed by atoms with Crippen LogP contribution in [-0.4, -0.2) is 30.3 Å². The number of halogens is 2. The molecule has 4 rings (SSSR count). The van der Waals surface area contributed by atoms with Gasteiger partial charge in [-0.05, 0) is 58.3 Å². The summed E-state index contributed by atoms with van der Waals surface area (Å²) in [5, 5.41) is 22.9. The Morgan fingerprint density at radius 2 is 1.11 bits per heavy atom. The van der Waals surface area contributed by atoms with Crippen LogP contribution in [0, 0.1) is 20.2 Å². The third-order valence-corrected chi connectivity index (χ3v) is 8.89. The van der Waals surface area contributed by atoms with Gasteiger partial charge in [-0.3, -0.25) is 20.2 Å². The Labute approximate surface area is 230 Å². The Morgan fingerprint density at radius 3 is 1.41 bits per heavy atom. The number of hydrogen-bond donors (Lipinski definition) is 0. The molecule has 192 valence electrons. The number of rotatable bonds is 10. The van der Waals surface area contributed by atoms with E-state index in [4.69, 9.17) is 23.2 Å². The Kier molecular flexibility index (Phi) is 8.57. The van der Waals surface area contributed by atoms with E-state index in [2.05, 4.69) is 24.3 Å². The predicted molar refractivity (Wildman–Crippen MR) is 150 cm³/mol. The molecular weight excluding hydrogens is 531 g/mol. The SMILES string of the molecule is O=[N+]([O-])C1(Cl)C=CC(C(Cc2ccccc2)SC(Cc2ccccc2)C2=CCC(Cl)([N+](=O)[O-])C=C2)=CC1. The third kappa shape index (κ3) is 6.72. The molecule has 0 amide bonds. The van der Waals surface area contributed by atoms with Crippen LogP contribution in [-0.2, 0) is 12.8 Å². The summed E-state index contributed by atoms with van der Waals surface area (Å²) in [5.41, 5.74) is 4.24. The van der Waals surface area contributed by atoms with E-state index in [-0.39, 0.29) is 23.3 Å². The molecule has 0 fully saturated rings. The highest BCUT2D eigenvalue weighted by Gasteiger charge is 2.40. The van der Waals surface area contributed by atoms with Gasteiger partial charge in [0.05, 0.1) is 12.8 Å². The number of nitrogens with zero attached hydrogens (tertiary/aromatic N) is 2. The first-order valence-electron chi connectivity index (χ1n) is 11.9. The van der Waals surface area contributed by atoms with Gasteiger partial charge >= 0.3 is 10.00 Å². The van der Waals surface area contributed by atoms with Crippen molar-refractivity contribution < 1.29 is 9.85 Å². The van der Waals surface area contributed by atoms with Crippen molar-refractivity contribution in [3.8, 4) is 0 Å². The Balaban J connectivity index is 1.65. The highest BCUT2D eigenvalue weighted by Crippen LogP contribution is 2.40. The molecule has 0 radical (unpaired) electrons. The van der Waals surface area contributed by atoms with Crippen LogP contribution < -0.4 is 0 Å². The summed E-state index contributed by atoms with van der Waals surface area (Å²) < 4.78 is 0. The fourth-order valence-corrected chi connectivity index (χ4v) is 6.25. The van der Waals surface area contributed by atoms with Crippen LogP contribution in [0.15, 0.2) is 108 Å². The molecule has 0 spiro atoms. The first-order chi connectivity index (χ1) is 17.7. The molecule has 6 nitrogen and oxygen atoms in total. The lowest BCUT2D eigenvalue weighted by molar-refractivity contribution is -0.527. The van der Waals surface area contributed by atoms with E-state index in [0.717, 1.165) is 22.3 Å². The van der Waals surface area contributed by atoms with E-state index in [1.807, 2.05) is 48.6 Å². The minimum Gasteiger partial charge on any atom is -0.262 e. The van der Waals surface area contributed by atoms with E-state index in [0.29, 0.717) is 12.8 Å². The molecule has 2 aromatic rings. The van der Waals surface area contributed by atoms with Crippen LogP contribution in [0.1, 0.15) is 24.0 Å². The quantitative estimate of drug-likeness (QED) is 0.134. The molecule has 2 aliphatic rings. The first-order valence-corrected chi connectivity index (χ1v) is 13.6. The van der Waals surface area contributed by atoms with Crippen LogP contribution in [0.3, 0.4) is 0 Å². The van der Waals surface area contributed by atoms with Gasteiger partial charge in [-0.2, -0.15) is 0 Å². The second kappa shape index (κ2) is 11.7. The van der Waals surface area contributed by atoms with E-state index in [1.165, 1.54) is 12.2 Å². The first kappa shape index (κ1) is 27.2. The van der Waals surface area contributed by atoms with Crippen LogP contribution in [0.4, 0.5) is 0 Å². The van der Waals surface area contributed by atoms with Crippen molar-refractivity contribution in [2.24, 2.45) is 0 Å². The zero-order valence-corrected chi connectivity index (χ0v) is 22.2. The molecular formula is C28H26Cl2N2O4S. The zero-order valence-electron chi connectivity index (χ0n) is 19.9. The fraction of sp³-hybridized carbons (Fsp3) is 0.286. The lowest BCUT2D eigenvalue weighted by Crippen LogP contribution is -2.32. The normalized spacial score (nSPS) is 24.6. The molecule has 37 heavy (non-hydrogen) atoms. The van der Waals surface area contributed by atoms with Crippen molar-refractivity contribution in [3.05, 3.63) is 140 Å². The molecule has 9 heteroatoms. The van der Waals surface area contributed by atoms with Crippen LogP contribution >= 0.6 is 35.0 Å². The monoisotopic (exact) mass is 556 g/mol. The molecule has 0 saturated carbocycles. The van der Waals surface area contributed by atoms with Crippen LogP contribution in [0.2, 0.25) is 0 Å². The lowest BCUT2D eigenvalue weighted by atomic mass is 9.96. The predicted octanol–water partition coefficient (Wildman–Crippen LogP) is 7.14. The molecule has 2 aliphatic carbocycles. The summed E-state index contributed by atoms with van der Waals surface area (Å²) in [5.74, 6) is 0. The highest BCUT2D eigenvalue weighted by molar-refractivity contribution is 8.00. The van der Waals surface area contributed by atoms with Crippen molar-refractivity contribution >= 4 is 35.0 Å². The summed E-state index contributed by atoms with van der Waals surface area (Å²) in [4.78, 5) is 18.7.